The van der Waals surface area contributed by atoms with Gasteiger partial charge in [0.25, 0.3) is 0 Å². The van der Waals surface area contributed by atoms with Crippen molar-refractivity contribution >= 4 is 37.5 Å². The highest BCUT2D eigenvalue weighted by atomic mass is 79.9. The first-order valence-electron chi connectivity index (χ1n) is 10.6. The third-order valence-corrected chi connectivity index (χ3v) is 8.58. The molecule has 0 radical (unpaired) electrons. The lowest BCUT2D eigenvalue weighted by Gasteiger charge is -2.34. The maximum atomic E-state index is 13.5. The molecule has 2 aromatic carbocycles. The number of methoxy groups -OCH3 is 2. The molecule has 0 bridgehead atoms. The van der Waals surface area contributed by atoms with Crippen LogP contribution in [0.4, 0.5) is 5.69 Å². The van der Waals surface area contributed by atoms with E-state index in [4.69, 9.17) is 9.47 Å². The Labute approximate surface area is 197 Å². The van der Waals surface area contributed by atoms with Gasteiger partial charge in [-0.3, -0.25) is 4.79 Å². The first-order valence-corrected chi connectivity index (χ1v) is 12.8. The van der Waals surface area contributed by atoms with Crippen LogP contribution in [-0.4, -0.2) is 52.0 Å². The molecular weight excluding hydrogens is 496 g/mol. The Balaban J connectivity index is 1.57. The number of hydrogen-bond donors (Lipinski definition) is 0. The van der Waals surface area contributed by atoms with E-state index in [-0.39, 0.29) is 29.3 Å². The number of fused-ring (bicyclic) bond motifs is 1. The molecule has 0 saturated carbocycles. The number of halogens is 1. The molecule has 0 unspecified atom stereocenters. The van der Waals surface area contributed by atoms with Crippen LogP contribution in [0.2, 0.25) is 0 Å². The molecule has 1 amide bonds. The fourth-order valence-electron chi connectivity index (χ4n) is 4.62. The van der Waals surface area contributed by atoms with Crippen LogP contribution in [0, 0.1) is 5.92 Å². The van der Waals surface area contributed by atoms with Crippen molar-refractivity contribution in [1.82, 2.24) is 4.31 Å². The van der Waals surface area contributed by atoms with Crippen molar-refractivity contribution < 1.29 is 22.7 Å². The van der Waals surface area contributed by atoms with Crippen molar-refractivity contribution in [2.45, 2.75) is 37.1 Å². The van der Waals surface area contributed by atoms with E-state index in [2.05, 4.69) is 15.9 Å². The molecule has 0 aromatic heterocycles. The normalized spacial score (nSPS) is 21.3. The molecule has 0 N–H and O–H groups in total. The van der Waals surface area contributed by atoms with E-state index < -0.39 is 10.0 Å². The predicted octanol–water partition coefficient (Wildman–Crippen LogP) is 3.84. The van der Waals surface area contributed by atoms with Crippen LogP contribution in [0.15, 0.2) is 45.8 Å². The van der Waals surface area contributed by atoms with E-state index in [1.54, 1.807) is 6.07 Å². The number of carbonyl (C=O) groups excluding carboxylic acids is 1. The average Bonchev–Trinajstić information content (AvgIpc) is 3.12. The summed E-state index contributed by atoms with van der Waals surface area (Å²) in [7, 11) is -0.796. The van der Waals surface area contributed by atoms with Gasteiger partial charge in [0.05, 0.1) is 25.0 Å². The number of sulfonamides is 1. The SMILES string of the molecule is COc1ccc(S(=O)(=O)N2CCC[C@@H](C(=O)N3c4ccc(Br)cc4C[C@H]3C)C2)cc1OC. The van der Waals surface area contributed by atoms with Crippen LogP contribution in [0.1, 0.15) is 25.3 Å². The summed E-state index contributed by atoms with van der Waals surface area (Å²) >= 11 is 3.50. The van der Waals surface area contributed by atoms with Crippen LogP contribution >= 0.6 is 15.9 Å². The van der Waals surface area contributed by atoms with E-state index in [1.165, 1.54) is 30.7 Å². The first kappa shape index (κ1) is 23.1. The predicted molar refractivity (Wildman–Crippen MR) is 126 cm³/mol. The number of piperidine rings is 1. The number of benzene rings is 2. The molecule has 1 fully saturated rings. The fourth-order valence-corrected chi connectivity index (χ4v) is 6.57. The minimum absolute atomic E-state index is 0.00853. The van der Waals surface area contributed by atoms with E-state index in [0.29, 0.717) is 30.9 Å². The summed E-state index contributed by atoms with van der Waals surface area (Å²) in [4.78, 5) is 15.5. The van der Waals surface area contributed by atoms with Crippen LogP contribution in [-0.2, 0) is 21.2 Å². The summed E-state index contributed by atoms with van der Waals surface area (Å²) < 4.78 is 39.6. The smallest absolute Gasteiger partial charge is 0.243 e. The Morgan fingerprint density at radius 3 is 2.56 bits per heavy atom. The third kappa shape index (κ3) is 4.13. The van der Waals surface area contributed by atoms with Crippen LogP contribution in [0.5, 0.6) is 11.5 Å². The van der Waals surface area contributed by atoms with Gasteiger partial charge in [0.2, 0.25) is 15.9 Å². The van der Waals surface area contributed by atoms with Gasteiger partial charge in [-0.05, 0) is 62.1 Å². The molecule has 7 nitrogen and oxygen atoms in total. The number of ether oxygens (including phenoxy) is 2. The molecule has 0 aliphatic carbocycles. The van der Waals surface area contributed by atoms with Gasteiger partial charge in [-0.25, -0.2) is 8.42 Å². The fraction of sp³-hybridized carbons (Fsp3) is 0.435. The van der Waals surface area contributed by atoms with E-state index in [0.717, 1.165) is 22.1 Å². The van der Waals surface area contributed by atoms with Gasteiger partial charge in [0.1, 0.15) is 0 Å². The minimum Gasteiger partial charge on any atom is -0.493 e. The van der Waals surface area contributed by atoms with Crippen LogP contribution in [0.3, 0.4) is 0 Å². The van der Waals surface area contributed by atoms with Gasteiger partial charge >= 0.3 is 0 Å². The molecule has 2 aromatic rings. The van der Waals surface area contributed by atoms with Crippen molar-refractivity contribution in [2.24, 2.45) is 5.92 Å². The summed E-state index contributed by atoms with van der Waals surface area (Å²) in [5.74, 6) is 0.430. The molecule has 4 rings (SSSR count). The van der Waals surface area contributed by atoms with Crippen molar-refractivity contribution in [3.8, 4) is 11.5 Å². The van der Waals surface area contributed by atoms with Gasteiger partial charge < -0.3 is 14.4 Å². The third-order valence-electron chi connectivity index (χ3n) is 6.22. The van der Waals surface area contributed by atoms with Crippen molar-refractivity contribution in [3.63, 3.8) is 0 Å². The molecule has 1 saturated heterocycles. The van der Waals surface area contributed by atoms with Gasteiger partial charge in [-0.15, -0.1) is 0 Å². The lowest BCUT2D eigenvalue weighted by molar-refractivity contribution is -0.123. The highest BCUT2D eigenvalue weighted by Crippen LogP contribution is 2.37. The van der Waals surface area contributed by atoms with Gasteiger partial charge in [0.15, 0.2) is 11.5 Å². The molecular formula is C23H27BrN2O5S. The molecule has 2 aliphatic rings. The Morgan fingerprint density at radius 2 is 1.84 bits per heavy atom. The number of rotatable bonds is 5. The quantitative estimate of drug-likeness (QED) is 0.596. The zero-order valence-corrected chi connectivity index (χ0v) is 20.8. The molecule has 2 atom stereocenters. The Bertz CT molecular complexity index is 1140. The zero-order valence-electron chi connectivity index (χ0n) is 18.4. The molecule has 2 heterocycles. The first-order chi connectivity index (χ1) is 15.3. The van der Waals surface area contributed by atoms with Gasteiger partial charge in [-0.2, -0.15) is 4.31 Å². The highest BCUT2D eigenvalue weighted by molar-refractivity contribution is 9.10. The van der Waals surface area contributed by atoms with E-state index in [9.17, 15) is 13.2 Å². The van der Waals surface area contributed by atoms with Gasteiger partial charge in [-0.1, -0.05) is 15.9 Å². The van der Waals surface area contributed by atoms with Crippen LogP contribution in [0.25, 0.3) is 0 Å². The molecule has 172 valence electrons. The summed E-state index contributed by atoms with van der Waals surface area (Å²) in [6.45, 7) is 2.59. The number of hydrogen-bond acceptors (Lipinski definition) is 5. The largest absolute Gasteiger partial charge is 0.493 e. The summed E-state index contributed by atoms with van der Waals surface area (Å²) in [5, 5.41) is 0. The number of carbonyl (C=O) groups is 1. The van der Waals surface area contributed by atoms with Crippen LogP contribution < -0.4 is 14.4 Å². The Hall–Kier alpha value is -2.10. The molecule has 32 heavy (non-hydrogen) atoms. The van der Waals surface area contributed by atoms with Crippen molar-refractivity contribution in [3.05, 3.63) is 46.4 Å². The van der Waals surface area contributed by atoms with E-state index in [1.807, 2.05) is 30.0 Å². The average molecular weight is 523 g/mol. The highest BCUT2D eigenvalue weighted by Gasteiger charge is 2.39. The summed E-state index contributed by atoms with van der Waals surface area (Å²) in [5.41, 5.74) is 2.05. The van der Waals surface area contributed by atoms with Gasteiger partial charge in [0, 0.05) is 35.4 Å². The second-order valence-electron chi connectivity index (χ2n) is 8.25. The topological polar surface area (TPSA) is 76.2 Å². The molecule has 9 heteroatoms. The zero-order chi connectivity index (χ0) is 23.0. The number of anilines is 1. The standard InChI is InChI=1S/C23H27BrN2O5S/c1-15-11-17-12-18(24)6-8-20(17)26(15)23(27)16-5-4-10-25(14-16)32(28,29)19-7-9-21(30-2)22(13-19)31-3/h6-9,12-13,15-16H,4-5,10-11,14H2,1-3H3/t15-,16-/m1/s1. The monoisotopic (exact) mass is 522 g/mol. The minimum atomic E-state index is -3.77. The van der Waals surface area contributed by atoms with E-state index >= 15 is 0 Å². The maximum Gasteiger partial charge on any atom is 0.243 e. The molecule has 2 aliphatic heterocycles. The van der Waals surface area contributed by atoms with Crippen molar-refractivity contribution in [1.29, 1.82) is 0 Å². The number of nitrogens with zero attached hydrogens (tertiary/aromatic N) is 2. The Kier molecular flexibility index (Phi) is 6.51. The second kappa shape index (κ2) is 9.03. The molecule has 0 spiro atoms. The summed E-state index contributed by atoms with van der Waals surface area (Å²) in [6, 6.07) is 10.6. The Morgan fingerprint density at radius 1 is 1.09 bits per heavy atom. The maximum absolute atomic E-state index is 13.5. The van der Waals surface area contributed by atoms with Crippen molar-refractivity contribution in [2.75, 3.05) is 32.2 Å². The lowest BCUT2D eigenvalue weighted by atomic mass is 9.97. The lowest BCUT2D eigenvalue weighted by Crippen LogP contribution is -2.48. The summed E-state index contributed by atoms with van der Waals surface area (Å²) in [6.07, 6.45) is 2.10. The number of amides is 1. The second-order valence-corrected chi connectivity index (χ2v) is 11.1.